The smallest absolute Gasteiger partial charge is 0.272 e. The van der Waals surface area contributed by atoms with Gasteiger partial charge in [-0.05, 0) is 23.8 Å². The lowest BCUT2D eigenvalue weighted by atomic mass is 9.90. The quantitative estimate of drug-likeness (QED) is 0.636. The molecule has 0 aliphatic rings. The van der Waals surface area contributed by atoms with Crippen LogP contribution in [-0.2, 0) is 5.41 Å². The number of nitrogens with zero attached hydrogens (tertiary/aromatic N) is 1. The van der Waals surface area contributed by atoms with Gasteiger partial charge in [-0.3, -0.25) is 9.59 Å². The number of H-pyrrole nitrogens is 3. The van der Waals surface area contributed by atoms with Crippen LogP contribution in [0.3, 0.4) is 0 Å². The molecule has 0 bridgehead atoms. The summed E-state index contributed by atoms with van der Waals surface area (Å²) in [6.07, 6.45) is 4.68. The van der Waals surface area contributed by atoms with Crippen molar-refractivity contribution < 1.29 is 0 Å². The molecule has 6 nitrogen and oxygen atoms in total. The molecule has 7 heteroatoms. The molecule has 0 fully saturated rings. The van der Waals surface area contributed by atoms with E-state index in [1.807, 2.05) is 20.8 Å². The van der Waals surface area contributed by atoms with Gasteiger partial charge in [-0.15, -0.1) is 0 Å². The highest BCUT2D eigenvalue weighted by Crippen LogP contribution is 2.22. The summed E-state index contributed by atoms with van der Waals surface area (Å²) in [4.78, 5) is 37.3. The van der Waals surface area contributed by atoms with Gasteiger partial charge in [-0.25, -0.2) is 4.98 Å². The summed E-state index contributed by atoms with van der Waals surface area (Å²) in [5.74, 6) is 0. The first-order valence-electron chi connectivity index (χ1n) is 8.10. The van der Waals surface area contributed by atoms with Crippen LogP contribution < -0.4 is 21.8 Å². The van der Waals surface area contributed by atoms with Gasteiger partial charge in [0.05, 0.1) is 12.0 Å². The summed E-state index contributed by atoms with van der Waals surface area (Å²) in [7, 11) is 0. The molecule has 3 rings (SSSR count). The third kappa shape index (κ3) is 3.70. The van der Waals surface area contributed by atoms with E-state index in [-0.39, 0.29) is 16.1 Å². The van der Waals surface area contributed by atoms with Crippen molar-refractivity contribution in [1.29, 1.82) is 0 Å². The van der Waals surface area contributed by atoms with Crippen molar-refractivity contribution in [3.8, 4) is 0 Å². The number of imidazole rings is 1. The van der Waals surface area contributed by atoms with E-state index in [0.717, 1.165) is 5.69 Å². The maximum Gasteiger partial charge on any atom is 0.272 e. The third-order valence-corrected chi connectivity index (χ3v) is 4.23. The molecule has 0 aliphatic carbocycles. The SMILES string of the molecule is CC(C)(C)c1[nH]cnc1/C=c1/[nH]c(=O)/c(=C\c2ccccc2Cl)[nH]c1=O. The number of hydrogen-bond donors (Lipinski definition) is 3. The maximum atomic E-state index is 12.4. The molecular formula is C19H19ClN4O2. The monoisotopic (exact) mass is 370 g/mol. The van der Waals surface area contributed by atoms with Gasteiger partial charge < -0.3 is 15.0 Å². The van der Waals surface area contributed by atoms with Crippen LogP contribution in [0, 0.1) is 0 Å². The number of aromatic amines is 3. The molecule has 2 aromatic heterocycles. The van der Waals surface area contributed by atoms with Gasteiger partial charge in [0.2, 0.25) is 0 Å². The van der Waals surface area contributed by atoms with E-state index in [1.165, 1.54) is 0 Å². The van der Waals surface area contributed by atoms with Crippen molar-refractivity contribution in [3.05, 3.63) is 84.0 Å². The molecule has 134 valence electrons. The van der Waals surface area contributed by atoms with Crippen molar-refractivity contribution in [2.45, 2.75) is 26.2 Å². The van der Waals surface area contributed by atoms with Gasteiger partial charge >= 0.3 is 0 Å². The van der Waals surface area contributed by atoms with Crippen LogP contribution in [0.15, 0.2) is 40.2 Å². The van der Waals surface area contributed by atoms with Gasteiger partial charge in [0.1, 0.15) is 10.7 Å². The highest BCUT2D eigenvalue weighted by molar-refractivity contribution is 6.32. The summed E-state index contributed by atoms with van der Waals surface area (Å²) in [6, 6.07) is 7.08. The second kappa shape index (κ2) is 6.80. The Morgan fingerprint density at radius 3 is 2.23 bits per heavy atom. The summed E-state index contributed by atoms with van der Waals surface area (Å²) in [5.41, 5.74) is 1.14. The molecular weight excluding hydrogens is 352 g/mol. The van der Waals surface area contributed by atoms with E-state index in [2.05, 4.69) is 19.9 Å². The molecule has 2 heterocycles. The van der Waals surface area contributed by atoms with Crippen molar-refractivity contribution in [2.24, 2.45) is 0 Å². The van der Waals surface area contributed by atoms with Crippen molar-refractivity contribution in [3.63, 3.8) is 0 Å². The standard InChI is InChI=1S/C19H19ClN4O2/c1-19(2,3)16-13(21-10-22-16)9-15-18(26)23-14(17(25)24-15)8-11-6-4-5-7-12(11)20/h4-10H,1-3H3,(H,21,22)(H,23,26)(H,24,25)/b14-8+,15-9+. The number of benzene rings is 1. The first-order chi connectivity index (χ1) is 12.3. The Kier molecular flexibility index (Phi) is 4.70. The van der Waals surface area contributed by atoms with Gasteiger partial charge in [-0.2, -0.15) is 0 Å². The van der Waals surface area contributed by atoms with Crippen molar-refractivity contribution in [1.82, 2.24) is 19.9 Å². The van der Waals surface area contributed by atoms with Crippen molar-refractivity contribution in [2.75, 3.05) is 0 Å². The molecule has 0 saturated heterocycles. The Morgan fingerprint density at radius 2 is 1.62 bits per heavy atom. The number of rotatable bonds is 2. The Hall–Kier alpha value is -2.86. The molecule has 3 aromatic rings. The fourth-order valence-corrected chi connectivity index (χ4v) is 2.79. The van der Waals surface area contributed by atoms with Gasteiger partial charge in [-0.1, -0.05) is 50.6 Å². The Labute approximate surface area is 154 Å². The predicted octanol–water partition coefficient (Wildman–Crippen LogP) is 1.39. The van der Waals surface area contributed by atoms with Crippen LogP contribution in [0.25, 0.3) is 12.2 Å². The summed E-state index contributed by atoms with van der Waals surface area (Å²) in [6.45, 7) is 6.10. The van der Waals surface area contributed by atoms with Crippen LogP contribution in [-0.4, -0.2) is 19.9 Å². The molecule has 3 N–H and O–H groups in total. The molecule has 0 atom stereocenters. The van der Waals surface area contributed by atoms with Gasteiger partial charge in [0.25, 0.3) is 11.1 Å². The van der Waals surface area contributed by atoms with Gasteiger partial charge in [0.15, 0.2) is 0 Å². The normalized spacial score (nSPS) is 13.4. The molecule has 0 unspecified atom stereocenters. The molecule has 1 aromatic carbocycles. The minimum Gasteiger partial charge on any atom is -0.348 e. The lowest BCUT2D eigenvalue weighted by molar-refractivity contribution is 0.571. The first kappa shape index (κ1) is 17.9. The summed E-state index contributed by atoms with van der Waals surface area (Å²) < 4.78 is 0. The second-order valence-corrected chi connectivity index (χ2v) is 7.37. The summed E-state index contributed by atoms with van der Waals surface area (Å²) in [5, 5.41) is 0.775. The zero-order valence-corrected chi connectivity index (χ0v) is 15.4. The third-order valence-electron chi connectivity index (χ3n) is 3.89. The number of nitrogens with one attached hydrogen (secondary N) is 3. The van der Waals surface area contributed by atoms with Crippen LogP contribution in [0.4, 0.5) is 0 Å². The molecule has 0 aliphatic heterocycles. The minimum atomic E-state index is -0.413. The maximum absolute atomic E-state index is 12.4. The topological polar surface area (TPSA) is 94.4 Å². The van der Waals surface area contributed by atoms with E-state index in [4.69, 9.17) is 11.6 Å². The van der Waals surface area contributed by atoms with E-state index in [0.29, 0.717) is 16.3 Å². The first-order valence-corrected chi connectivity index (χ1v) is 8.48. The lowest BCUT2D eigenvalue weighted by Crippen LogP contribution is -2.46. The zero-order chi connectivity index (χ0) is 18.9. The van der Waals surface area contributed by atoms with E-state index < -0.39 is 11.1 Å². The number of aromatic nitrogens is 4. The average Bonchev–Trinajstić information content (AvgIpc) is 3.03. The number of halogens is 1. The highest BCUT2D eigenvalue weighted by Gasteiger charge is 2.19. The lowest BCUT2D eigenvalue weighted by Gasteiger charge is -2.16. The van der Waals surface area contributed by atoms with Crippen LogP contribution in [0.1, 0.15) is 37.7 Å². The Balaban J connectivity index is 2.16. The zero-order valence-electron chi connectivity index (χ0n) is 14.7. The minimum absolute atomic E-state index is 0.137. The Bertz CT molecular complexity index is 1180. The van der Waals surface area contributed by atoms with Crippen LogP contribution >= 0.6 is 11.6 Å². The van der Waals surface area contributed by atoms with E-state index >= 15 is 0 Å². The largest absolute Gasteiger partial charge is 0.348 e. The number of hydrogen-bond acceptors (Lipinski definition) is 3. The van der Waals surface area contributed by atoms with E-state index in [1.54, 1.807) is 42.7 Å². The molecule has 0 spiro atoms. The molecule has 26 heavy (non-hydrogen) atoms. The average molecular weight is 371 g/mol. The predicted molar refractivity (Wildman–Crippen MR) is 103 cm³/mol. The van der Waals surface area contributed by atoms with E-state index in [9.17, 15) is 9.59 Å². The van der Waals surface area contributed by atoms with Gasteiger partial charge in [0, 0.05) is 16.1 Å². The fourth-order valence-electron chi connectivity index (χ4n) is 2.60. The van der Waals surface area contributed by atoms with Crippen molar-refractivity contribution >= 4 is 23.8 Å². The summed E-state index contributed by atoms with van der Waals surface area (Å²) >= 11 is 6.10. The van der Waals surface area contributed by atoms with Crippen LogP contribution in [0.2, 0.25) is 5.02 Å². The fraction of sp³-hybridized carbons (Fsp3) is 0.211. The molecule has 0 radical (unpaired) electrons. The second-order valence-electron chi connectivity index (χ2n) is 6.96. The molecule has 0 saturated carbocycles. The Morgan fingerprint density at radius 1 is 1.00 bits per heavy atom. The molecule has 0 amide bonds. The highest BCUT2D eigenvalue weighted by atomic mass is 35.5. The van der Waals surface area contributed by atoms with Crippen LogP contribution in [0.5, 0.6) is 0 Å².